The first-order valence-electron chi connectivity index (χ1n) is 11.0. The summed E-state index contributed by atoms with van der Waals surface area (Å²) in [5.74, 6) is 0.979. The Bertz CT molecular complexity index is 1290. The number of methoxy groups -OCH3 is 2. The molecular formula is C25H27ClF3N5O2. The Morgan fingerprint density at radius 2 is 1.69 bits per heavy atom. The predicted molar refractivity (Wildman–Crippen MR) is 134 cm³/mol. The van der Waals surface area contributed by atoms with E-state index in [9.17, 15) is 13.2 Å². The van der Waals surface area contributed by atoms with Crippen LogP contribution in [0.25, 0.3) is 22.3 Å². The van der Waals surface area contributed by atoms with E-state index in [1.54, 1.807) is 37.4 Å². The normalized spacial score (nSPS) is 12.3. The minimum absolute atomic E-state index is 0. The molecule has 1 unspecified atom stereocenters. The van der Waals surface area contributed by atoms with E-state index in [0.29, 0.717) is 29.1 Å². The highest BCUT2D eigenvalue weighted by Gasteiger charge is 2.26. The molecule has 4 aromatic rings. The van der Waals surface area contributed by atoms with Gasteiger partial charge in [-0.05, 0) is 48.4 Å². The average molecular weight is 522 g/mol. The first kappa shape index (κ1) is 27.2. The van der Waals surface area contributed by atoms with E-state index in [-0.39, 0.29) is 24.9 Å². The molecule has 0 saturated carbocycles. The van der Waals surface area contributed by atoms with Crippen LogP contribution in [0.1, 0.15) is 23.5 Å². The molecule has 0 aliphatic carbocycles. The Morgan fingerprint density at radius 1 is 0.972 bits per heavy atom. The zero-order valence-corrected chi connectivity index (χ0v) is 20.9. The van der Waals surface area contributed by atoms with Gasteiger partial charge in [0.2, 0.25) is 0 Å². The molecule has 0 amide bonds. The van der Waals surface area contributed by atoms with E-state index in [0.717, 1.165) is 22.2 Å². The molecule has 4 rings (SSSR count). The summed E-state index contributed by atoms with van der Waals surface area (Å²) < 4.78 is 50.5. The molecule has 2 aromatic carbocycles. The van der Waals surface area contributed by atoms with Crippen molar-refractivity contribution in [1.29, 1.82) is 0 Å². The van der Waals surface area contributed by atoms with Gasteiger partial charge in [0.1, 0.15) is 11.5 Å². The van der Waals surface area contributed by atoms with Crippen LogP contribution < -0.4 is 14.8 Å². The molecule has 0 fully saturated rings. The van der Waals surface area contributed by atoms with Gasteiger partial charge in [0.05, 0.1) is 49.9 Å². The number of nitrogens with zero attached hydrogens (tertiary/aromatic N) is 4. The Labute approximate surface area is 213 Å². The number of hydrogen-bond donors (Lipinski definition) is 1. The molecule has 0 aliphatic rings. The number of hydrogen-bond acceptors (Lipinski definition) is 6. The van der Waals surface area contributed by atoms with Crippen LogP contribution >= 0.6 is 12.4 Å². The van der Waals surface area contributed by atoms with E-state index in [4.69, 9.17) is 14.5 Å². The van der Waals surface area contributed by atoms with Crippen molar-refractivity contribution in [2.45, 2.75) is 18.5 Å². The van der Waals surface area contributed by atoms with Gasteiger partial charge in [-0.25, -0.2) is 4.98 Å². The molecule has 1 N–H and O–H groups in total. The zero-order valence-electron chi connectivity index (χ0n) is 20.0. The summed E-state index contributed by atoms with van der Waals surface area (Å²) in [6.45, 7) is -0.873. The largest absolute Gasteiger partial charge is 0.497 e. The number of nitrogens with one attached hydrogen (secondary N) is 1. The summed E-state index contributed by atoms with van der Waals surface area (Å²) in [4.78, 5) is 9.28. The first-order valence-corrected chi connectivity index (χ1v) is 11.0. The van der Waals surface area contributed by atoms with Gasteiger partial charge in [0.25, 0.3) is 0 Å². The van der Waals surface area contributed by atoms with Crippen LogP contribution in [0.15, 0.2) is 55.0 Å². The number of fused-ring (bicyclic) bond motifs is 1. The minimum atomic E-state index is -4.27. The lowest BCUT2D eigenvalue weighted by atomic mass is 9.88. The number of benzene rings is 2. The fourth-order valence-electron chi connectivity index (χ4n) is 3.97. The number of alkyl halides is 3. The van der Waals surface area contributed by atoms with Crippen LogP contribution in [-0.2, 0) is 7.05 Å². The van der Waals surface area contributed by atoms with Gasteiger partial charge < -0.3 is 14.8 Å². The molecule has 192 valence electrons. The lowest BCUT2D eigenvalue weighted by molar-refractivity contribution is -0.124. The van der Waals surface area contributed by atoms with Gasteiger partial charge in [-0.3, -0.25) is 9.67 Å². The monoisotopic (exact) mass is 521 g/mol. The van der Waals surface area contributed by atoms with Crippen molar-refractivity contribution in [2.75, 3.05) is 27.3 Å². The molecule has 0 aliphatic heterocycles. The van der Waals surface area contributed by atoms with Crippen LogP contribution in [0, 0.1) is 0 Å². The molecule has 1 atom stereocenters. The van der Waals surface area contributed by atoms with Gasteiger partial charge in [-0.2, -0.15) is 18.3 Å². The first-order chi connectivity index (χ1) is 16.8. The second-order valence-corrected chi connectivity index (χ2v) is 8.19. The maximum absolute atomic E-state index is 12.7. The van der Waals surface area contributed by atoms with E-state index < -0.39 is 12.7 Å². The minimum Gasteiger partial charge on any atom is -0.497 e. The highest BCUT2D eigenvalue weighted by molar-refractivity contribution is 5.85. The van der Waals surface area contributed by atoms with Crippen LogP contribution in [0.3, 0.4) is 0 Å². The molecule has 36 heavy (non-hydrogen) atoms. The smallest absolute Gasteiger partial charge is 0.401 e. The second kappa shape index (κ2) is 11.6. The molecule has 2 heterocycles. The molecule has 2 aromatic heterocycles. The van der Waals surface area contributed by atoms with Gasteiger partial charge in [0, 0.05) is 30.8 Å². The Kier molecular flexibility index (Phi) is 8.75. The summed E-state index contributed by atoms with van der Waals surface area (Å²) in [6.07, 6.45) is 1.43. The summed E-state index contributed by atoms with van der Waals surface area (Å²) in [7, 11) is 4.95. The van der Waals surface area contributed by atoms with Crippen molar-refractivity contribution >= 4 is 23.4 Å². The van der Waals surface area contributed by atoms with Crippen LogP contribution in [0.2, 0.25) is 0 Å². The molecular weight excluding hydrogens is 495 g/mol. The molecule has 0 bridgehead atoms. The average Bonchev–Trinajstić information content (AvgIpc) is 3.28. The Morgan fingerprint density at radius 3 is 2.31 bits per heavy atom. The van der Waals surface area contributed by atoms with Crippen molar-refractivity contribution in [3.8, 4) is 22.8 Å². The lowest BCUT2D eigenvalue weighted by Gasteiger charge is -2.21. The zero-order chi connectivity index (χ0) is 25.0. The number of ether oxygens (including phenoxy) is 2. The third-order valence-corrected chi connectivity index (χ3v) is 5.68. The molecule has 11 heteroatoms. The fourth-order valence-corrected chi connectivity index (χ4v) is 3.97. The maximum atomic E-state index is 12.7. The third-order valence-electron chi connectivity index (χ3n) is 5.68. The number of aromatic nitrogens is 4. The van der Waals surface area contributed by atoms with Crippen molar-refractivity contribution in [3.63, 3.8) is 0 Å². The molecule has 7 nitrogen and oxygen atoms in total. The van der Waals surface area contributed by atoms with Gasteiger partial charge >= 0.3 is 6.18 Å². The van der Waals surface area contributed by atoms with Crippen LogP contribution in [-0.4, -0.2) is 53.2 Å². The Balaban J connectivity index is 0.00000361. The van der Waals surface area contributed by atoms with Crippen LogP contribution in [0.5, 0.6) is 11.5 Å². The fraction of sp³-hybridized carbons (Fsp3) is 0.320. The number of rotatable bonds is 9. The van der Waals surface area contributed by atoms with Crippen molar-refractivity contribution in [3.05, 3.63) is 66.1 Å². The van der Waals surface area contributed by atoms with E-state index in [1.165, 1.54) is 0 Å². The highest BCUT2D eigenvalue weighted by Crippen LogP contribution is 2.34. The summed E-state index contributed by atoms with van der Waals surface area (Å²) >= 11 is 0. The third kappa shape index (κ3) is 6.64. The topological polar surface area (TPSA) is 74.1 Å². The molecule has 0 spiro atoms. The van der Waals surface area contributed by atoms with Crippen molar-refractivity contribution < 1.29 is 22.6 Å². The number of aryl methyl sites for hydroxylation is 1. The highest BCUT2D eigenvalue weighted by atomic mass is 35.5. The van der Waals surface area contributed by atoms with Crippen molar-refractivity contribution in [1.82, 2.24) is 25.1 Å². The predicted octanol–water partition coefficient (Wildman–Crippen LogP) is 5.14. The quantitative estimate of drug-likeness (QED) is 0.307. The van der Waals surface area contributed by atoms with Gasteiger partial charge in [-0.1, -0.05) is 6.07 Å². The summed E-state index contributed by atoms with van der Waals surface area (Å²) in [6, 6.07) is 11.2. The summed E-state index contributed by atoms with van der Waals surface area (Å²) in [5, 5.41) is 6.69. The Hall–Kier alpha value is -3.37. The standard InChI is InChI=1S/C25H26F3N5O2.ClH/c1-33-14-18(12-31-33)24-13-30-22-5-4-16(10-23(22)32-24)21(6-7-29-15-25(26,27)28)17-8-19(34-2)11-20(9-17)35-3;/h4-5,8-14,21,29H,6-7,15H2,1-3H3;1H. The maximum Gasteiger partial charge on any atom is 0.401 e. The van der Waals surface area contributed by atoms with Gasteiger partial charge in [0.15, 0.2) is 0 Å². The summed E-state index contributed by atoms with van der Waals surface area (Å²) in [5.41, 5.74) is 4.71. The lowest BCUT2D eigenvalue weighted by Crippen LogP contribution is -2.30. The molecule has 0 radical (unpaired) electrons. The van der Waals surface area contributed by atoms with E-state index >= 15 is 0 Å². The second-order valence-electron chi connectivity index (χ2n) is 8.19. The number of halogens is 4. The van der Waals surface area contributed by atoms with Gasteiger partial charge in [-0.15, -0.1) is 12.4 Å². The van der Waals surface area contributed by atoms with E-state index in [2.05, 4.69) is 15.4 Å². The SMILES string of the molecule is COc1cc(OC)cc(C(CCNCC(F)(F)F)c2ccc3ncc(-c4cnn(C)c4)nc3c2)c1.Cl. The van der Waals surface area contributed by atoms with E-state index in [1.807, 2.05) is 43.6 Å². The van der Waals surface area contributed by atoms with Crippen molar-refractivity contribution in [2.24, 2.45) is 7.05 Å². The van der Waals surface area contributed by atoms with Crippen LogP contribution in [0.4, 0.5) is 13.2 Å². The molecule has 0 saturated heterocycles.